The van der Waals surface area contributed by atoms with Crippen LogP contribution in [-0.2, 0) is 0 Å². The number of amides is 1. The Bertz CT molecular complexity index is 811. The second kappa shape index (κ2) is 10.1. The van der Waals surface area contributed by atoms with E-state index in [1.807, 2.05) is 36.2 Å². The van der Waals surface area contributed by atoms with Crippen molar-refractivity contribution in [3.63, 3.8) is 0 Å². The van der Waals surface area contributed by atoms with Crippen molar-refractivity contribution in [3.8, 4) is 0 Å². The van der Waals surface area contributed by atoms with Crippen LogP contribution in [0.15, 0.2) is 30.3 Å². The van der Waals surface area contributed by atoms with Crippen molar-refractivity contribution in [3.05, 3.63) is 41.8 Å². The van der Waals surface area contributed by atoms with E-state index in [2.05, 4.69) is 26.1 Å². The number of nitrogens with one attached hydrogen (secondary N) is 1. The minimum atomic E-state index is 0. The maximum Gasteiger partial charge on any atom is 1.00 e. The van der Waals surface area contributed by atoms with E-state index in [0.717, 1.165) is 35.8 Å². The zero-order valence-corrected chi connectivity index (χ0v) is 21.7. The molecule has 176 valence electrons. The fourth-order valence-corrected chi connectivity index (χ4v) is 9.17. The molecule has 1 aromatic carbocycles. The van der Waals surface area contributed by atoms with Gasteiger partial charge in [0, 0.05) is 12.1 Å². The van der Waals surface area contributed by atoms with Crippen molar-refractivity contribution in [2.24, 2.45) is 40.4 Å². The number of hydrogen-bond donors (Lipinski definition) is 1. The van der Waals surface area contributed by atoms with E-state index >= 15 is 0 Å². The Hall–Kier alpha value is -0.713. The van der Waals surface area contributed by atoms with Crippen molar-refractivity contribution in [2.75, 3.05) is 6.54 Å². The van der Waals surface area contributed by atoms with Crippen LogP contribution in [0.4, 0.5) is 0 Å². The normalized spacial score (nSPS) is 40.5. The van der Waals surface area contributed by atoms with Crippen LogP contribution in [0.3, 0.4) is 0 Å². The van der Waals surface area contributed by atoms with Crippen LogP contribution in [0.1, 0.15) is 102 Å². The molecule has 0 saturated heterocycles. The molecular formula is C30H44LiNO. The number of fused-ring (bicyclic) bond motifs is 5. The molecule has 0 spiro atoms. The van der Waals surface area contributed by atoms with Gasteiger partial charge in [0.15, 0.2) is 0 Å². The van der Waals surface area contributed by atoms with Crippen molar-refractivity contribution in [1.29, 1.82) is 0 Å². The van der Waals surface area contributed by atoms with Gasteiger partial charge in [0.25, 0.3) is 5.91 Å². The summed E-state index contributed by atoms with van der Waals surface area (Å²) in [5.74, 6) is 6.30. The number of carbonyl (C=O) groups is 1. The first-order chi connectivity index (χ1) is 15.5. The Morgan fingerprint density at radius 1 is 1.06 bits per heavy atom. The molecule has 0 aliphatic heterocycles. The standard InChI is InChI=1S/C30H44NO.Li/c1-4-30-18-15-21(2)19-23(30)13-14-25-26-12-8-11-24(29(26,3)17-16-27(25)30)20-31-28(32)22-9-6-5-7-10-22;/h5-7,9-10,21,24-27H,4,8,11-20H2,1-3H3,(H,31,32);/q-1;+1/t21-,24+,25-,26?,27?,29+,30-;/m0./s1. The summed E-state index contributed by atoms with van der Waals surface area (Å²) in [6.07, 6.45) is 15.4. The van der Waals surface area contributed by atoms with Gasteiger partial charge in [-0.25, -0.2) is 0 Å². The smallest absolute Gasteiger partial charge is 0.352 e. The Labute approximate surface area is 214 Å². The molecule has 5 rings (SSSR count). The van der Waals surface area contributed by atoms with Gasteiger partial charge in [-0.3, -0.25) is 4.79 Å². The zero-order valence-electron chi connectivity index (χ0n) is 21.7. The molecule has 1 N–H and O–H groups in total. The monoisotopic (exact) mass is 441 g/mol. The van der Waals surface area contributed by atoms with Crippen LogP contribution < -0.4 is 24.2 Å². The number of carbonyl (C=O) groups excluding carboxylic acids is 1. The van der Waals surface area contributed by atoms with Gasteiger partial charge >= 0.3 is 18.9 Å². The van der Waals surface area contributed by atoms with Gasteiger partial charge in [0.1, 0.15) is 0 Å². The fourth-order valence-electron chi connectivity index (χ4n) is 9.17. The molecule has 4 saturated carbocycles. The predicted octanol–water partition coefficient (Wildman–Crippen LogP) is 4.45. The minimum absolute atomic E-state index is 0. The summed E-state index contributed by atoms with van der Waals surface area (Å²) in [5, 5.41) is 3.32. The third-order valence-electron chi connectivity index (χ3n) is 10.9. The van der Waals surface area contributed by atoms with Crippen LogP contribution in [0.25, 0.3) is 0 Å². The van der Waals surface area contributed by atoms with E-state index in [0.29, 0.717) is 16.7 Å². The number of benzene rings is 1. The summed E-state index contributed by atoms with van der Waals surface area (Å²) in [6, 6.07) is 9.75. The Kier molecular flexibility index (Phi) is 7.77. The van der Waals surface area contributed by atoms with E-state index in [1.165, 1.54) is 70.6 Å². The van der Waals surface area contributed by atoms with E-state index in [4.69, 9.17) is 0 Å². The zero-order chi connectivity index (χ0) is 22.3. The summed E-state index contributed by atoms with van der Waals surface area (Å²) in [4.78, 5) is 12.7. The van der Waals surface area contributed by atoms with Gasteiger partial charge in [0.2, 0.25) is 0 Å². The molecular weight excluding hydrogens is 397 g/mol. The Morgan fingerprint density at radius 3 is 2.61 bits per heavy atom. The first-order valence-corrected chi connectivity index (χ1v) is 13.7. The minimum Gasteiger partial charge on any atom is -0.352 e. The van der Waals surface area contributed by atoms with E-state index in [1.54, 1.807) is 0 Å². The van der Waals surface area contributed by atoms with Crippen LogP contribution in [0, 0.1) is 46.3 Å². The third kappa shape index (κ3) is 4.38. The fraction of sp³-hybridized carbons (Fsp3) is 0.733. The first kappa shape index (κ1) is 25.4. The van der Waals surface area contributed by atoms with Crippen LogP contribution in [0.5, 0.6) is 0 Å². The summed E-state index contributed by atoms with van der Waals surface area (Å²) >= 11 is 0. The van der Waals surface area contributed by atoms with E-state index in [-0.39, 0.29) is 24.8 Å². The Balaban J connectivity index is 0.00000259. The molecule has 2 unspecified atom stereocenters. The van der Waals surface area contributed by atoms with Crippen molar-refractivity contribution in [2.45, 2.75) is 91.4 Å². The van der Waals surface area contributed by atoms with E-state index in [9.17, 15) is 4.79 Å². The van der Waals surface area contributed by atoms with Crippen LogP contribution >= 0.6 is 0 Å². The second-order valence-corrected chi connectivity index (χ2v) is 12.1. The molecule has 0 bridgehead atoms. The largest absolute Gasteiger partial charge is 1.00 e. The number of hydrogen-bond acceptors (Lipinski definition) is 1. The average molecular weight is 442 g/mol. The first-order valence-electron chi connectivity index (χ1n) is 13.7. The SMILES string of the molecule is CC[C@]12CC[C@H](C)C[C-]1CC[C@@H]1C2CC[C@@]2(C)C1CCC[C@@H]2CNC(=O)c1ccccc1.[Li+]. The van der Waals surface area contributed by atoms with Gasteiger partial charge in [-0.15, -0.1) is 5.41 Å². The molecule has 3 heteroatoms. The molecule has 4 aliphatic rings. The third-order valence-corrected chi connectivity index (χ3v) is 10.9. The maximum absolute atomic E-state index is 12.7. The molecule has 4 aliphatic carbocycles. The average Bonchev–Trinajstić information content (AvgIpc) is 2.82. The predicted molar refractivity (Wildman–Crippen MR) is 132 cm³/mol. The van der Waals surface area contributed by atoms with Gasteiger partial charge in [0.05, 0.1) is 0 Å². The van der Waals surface area contributed by atoms with E-state index < -0.39 is 0 Å². The molecule has 1 amide bonds. The quantitative estimate of drug-likeness (QED) is 0.543. The van der Waals surface area contributed by atoms with Crippen molar-refractivity contribution < 1.29 is 23.7 Å². The number of rotatable bonds is 4. The topological polar surface area (TPSA) is 29.1 Å². The van der Waals surface area contributed by atoms with Crippen LogP contribution in [-0.4, -0.2) is 12.5 Å². The van der Waals surface area contributed by atoms with Crippen LogP contribution in [0.2, 0.25) is 0 Å². The molecule has 0 radical (unpaired) electrons. The van der Waals surface area contributed by atoms with Gasteiger partial charge in [-0.1, -0.05) is 89.3 Å². The summed E-state index contributed by atoms with van der Waals surface area (Å²) in [5.41, 5.74) is 1.75. The molecule has 1 aromatic rings. The molecule has 0 heterocycles. The molecule has 2 nitrogen and oxygen atoms in total. The van der Waals surface area contributed by atoms with Crippen molar-refractivity contribution in [1.82, 2.24) is 5.32 Å². The van der Waals surface area contributed by atoms with Crippen molar-refractivity contribution >= 4 is 5.91 Å². The maximum atomic E-state index is 12.7. The summed E-state index contributed by atoms with van der Waals surface area (Å²) < 4.78 is 0. The molecule has 7 atom stereocenters. The van der Waals surface area contributed by atoms with Gasteiger partial charge in [-0.05, 0) is 54.6 Å². The molecule has 33 heavy (non-hydrogen) atoms. The molecule has 0 aromatic heterocycles. The van der Waals surface area contributed by atoms with Gasteiger partial charge < -0.3 is 11.2 Å². The summed E-state index contributed by atoms with van der Waals surface area (Å²) in [7, 11) is 0. The molecule has 4 fully saturated rings. The summed E-state index contributed by atoms with van der Waals surface area (Å²) in [6.45, 7) is 8.43. The Morgan fingerprint density at radius 2 is 1.85 bits per heavy atom. The van der Waals surface area contributed by atoms with Gasteiger partial charge in [-0.2, -0.15) is 12.8 Å². The second-order valence-electron chi connectivity index (χ2n) is 12.1.